The monoisotopic (exact) mass is 434 g/mol. The number of carbonyl (C=O) groups excluding carboxylic acids is 2. The summed E-state index contributed by atoms with van der Waals surface area (Å²) in [6.07, 6.45) is 9.26. The van der Waals surface area contributed by atoms with E-state index in [0.717, 1.165) is 31.2 Å². The summed E-state index contributed by atoms with van der Waals surface area (Å²) in [5.41, 5.74) is 0.448. The molecule has 0 radical (unpaired) electrons. The lowest BCUT2D eigenvalue weighted by Gasteiger charge is -2.49. The third-order valence-electron chi connectivity index (χ3n) is 6.41. The fraction of sp³-hybridized carbons (Fsp3) is 0.385. The Morgan fingerprint density at radius 1 is 1.03 bits per heavy atom. The van der Waals surface area contributed by atoms with Gasteiger partial charge in [-0.3, -0.25) is 14.5 Å². The Labute approximate surface area is 189 Å². The van der Waals surface area contributed by atoms with Crippen LogP contribution < -0.4 is 19.7 Å². The number of benzene rings is 2. The number of amides is 2. The van der Waals surface area contributed by atoms with Crippen LogP contribution in [0.3, 0.4) is 0 Å². The van der Waals surface area contributed by atoms with E-state index < -0.39 is 5.54 Å². The molecule has 0 spiro atoms. The standard InChI is InChI=1S/C26H30N2O4/c1-31-22-14-12-21(13-15-22)28-24(29)18-26(28,25(30)27-20-9-4-3-5-10-20)17-16-19-8-6-7-11-23(19)32-2/h6-8,11-17,20H,3-5,9-10,18H2,1-2H3,(H,27,30)/b17-16+/t26-/m1/s1. The summed E-state index contributed by atoms with van der Waals surface area (Å²) in [5, 5.41) is 3.23. The van der Waals surface area contributed by atoms with Gasteiger partial charge in [-0.15, -0.1) is 0 Å². The molecule has 168 valence electrons. The van der Waals surface area contributed by atoms with Gasteiger partial charge in [-0.1, -0.05) is 43.5 Å². The number of ether oxygens (including phenoxy) is 2. The minimum absolute atomic E-state index is 0.0846. The van der Waals surface area contributed by atoms with Crippen LogP contribution in [0.5, 0.6) is 11.5 Å². The van der Waals surface area contributed by atoms with Crippen LogP contribution in [0.15, 0.2) is 54.6 Å². The number of nitrogens with zero attached hydrogens (tertiary/aromatic N) is 1. The number of para-hydroxylation sites is 1. The lowest BCUT2D eigenvalue weighted by Crippen LogP contribution is -2.70. The van der Waals surface area contributed by atoms with E-state index in [1.54, 1.807) is 31.3 Å². The Morgan fingerprint density at radius 3 is 2.41 bits per heavy atom. The van der Waals surface area contributed by atoms with Gasteiger partial charge in [0, 0.05) is 17.3 Å². The maximum atomic E-state index is 13.6. The van der Waals surface area contributed by atoms with Gasteiger partial charge in [-0.25, -0.2) is 0 Å². The zero-order valence-electron chi connectivity index (χ0n) is 18.7. The molecule has 1 atom stereocenters. The van der Waals surface area contributed by atoms with Crippen LogP contribution >= 0.6 is 0 Å². The second-order valence-electron chi connectivity index (χ2n) is 8.41. The SMILES string of the molecule is COc1ccc(N2C(=O)C[C@]2(/C=C/c2ccccc2OC)C(=O)NC2CCCCC2)cc1. The molecule has 2 fully saturated rings. The number of carbonyl (C=O) groups is 2. The van der Waals surface area contributed by atoms with Gasteiger partial charge in [-0.2, -0.15) is 0 Å². The summed E-state index contributed by atoms with van der Waals surface area (Å²) in [6, 6.07) is 15.0. The molecule has 1 heterocycles. The predicted octanol–water partition coefficient (Wildman–Crippen LogP) is 4.34. The van der Waals surface area contributed by atoms with Gasteiger partial charge in [-0.05, 0) is 49.2 Å². The molecule has 0 unspecified atom stereocenters. The van der Waals surface area contributed by atoms with Crippen molar-refractivity contribution in [2.24, 2.45) is 0 Å². The number of rotatable bonds is 7. The molecule has 6 nitrogen and oxygen atoms in total. The number of nitrogens with one attached hydrogen (secondary N) is 1. The van der Waals surface area contributed by atoms with Crippen LogP contribution in [0.1, 0.15) is 44.1 Å². The highest BCUT2D eigenvalue weighted by Gasteiger charge is 2.56. The van der Waals surface area contributed by atoms with Gasteiger partial charge in [0.2, 0.25) is 5.91 Å². The van der Waals surface area contributed by atoms with E-state index in [9.17, 15) is 9.59 Å². The molecule has 1 saturated heterocycles. The molecule has 2 aromatic rings. The van der Waals surface area contributed by atoms with Crippen molar-refractivity contribution in [1.82, 2.24) is 5.32 Å². The van der Waals surface area contributed by atoms with Gasteiger partial charge >= 0.3 is 0 Å². The molecule has 1 N–H and O–H groups in total. The smallest absolute Gasteiger partial charge is 0.251 e. The van der Waals surface area contributed by atoms with Crippen LogP contribution in [0.2, 0.25) is 0 Å². The fourth-order valence-electron chi connectivity index (χ4n) is 4.61. The van der Waals surface area contributed by atoms with Crippen molar-refractivity contribution in [2.75, 3.05) is 19.1 Å². The van der Waals surface area contributed by atoms with E-state index in [4.69, 9.17) is 9.47 Å². The van der Waals surface area contributed by atoms with Crippen molar-refractivity contribution in [3.05, 3.63) is 60.2 Å². The maximum Gasteiger partial charge on any atom is 0.251 e. The van der Waals surface area contributed by atoms with Crippen molar-refractivity contribution in [3.8, 4) is 11.5 Å². The van der Waals surface area contributed by atoms with Crippen molar-refractivity contribution < 1.29 is 19.1 Å². The van der Waals surface area contributed by atoms with Crippen molar-refractivity contribution >= 4 is 23.6 Å². The van der Waals surface area contributed by atoms with Gasteiger partial charge in [0.25, 0.3) is 5.91 Å². The topological polar surface area (TPSA) is 67.9 Å². The summed E-state index contributed by atoms with van der Waals surface area (Å²) >= 11 is 0. The Hall–Kier alpha value is -3.28. The van der Waals surface area contributed by atoms with Crippen LogP contribution in [0.4, 0.5) is 5.69 Å². The van der Waals surface area contributed by atoms with E-state index in [-0.39, 0.29) is 24.3 Å². The minimum atomic E-state index is -1.08. The quantitative estimate of drug-likeness (QED) is 0.658. The molecule has 0 bridgehead atoms. The number of anilines is 1. The van der Waals surface area contributed by atoms with Crippen molar-refractivity contribution in [3.63, 3.8) is 0 Å². The van der Waals surface area contributed by atoms with Crippen LogP contribution in [0.25, 0.3) is 6.08 Å². The van der Waals surface area contributed by atoms with E-state index in [0.29, 0.717) is 17.2 Å². The molecule has 4 rings (SSSR count). The highest BCUT2D eigenvalue weighted by Crippen LogP contribution is 2.40. The normalized spacial score (nSPS) is 21.3. The summed E-state index contributed by atoms with van der Waals surface area (Å²) in [7, 11) is 3.22. The molecule has 2 amide bonds. The molecule has 1 aliphatic heterocycles. The zero-order valence-corrected chi connectivity index (χ0v) is 18.7. The summed E-state index contributed by atoms with van der Waals surface area (Å²) in [6.45, 7) is 0. The third kappa shape index (κ3) is 4.22. The highest BCUT2D eigenvalue weighted by atomic mass is 16.5. The van der Waals surface area contributed by atoms with E-state index in [1.807, 2.05) is 48.6 Å². The minimum Gasteiger partial charge on any atom is -0.497 e. The van der Waals surface area contributed by atoms with Gasteiger partial charge < -0.3 is 14.8 Å². The lowest BCUT2D eigenvalue weighted by molar-refractivity contribution is -0.137. The first kappa shape index (κ1) is 21.9. The summed E-state index contributed by atoms with van der Waals surface area (Å²) < 4.78 is 10.7. The number of hydrogen-bond acceptors (Lipinski definition) is 4. The average molecular weight is 435 g/mol. The molecule has 2 aliphatic rings. The third-order valence-corrected chi connectivity index (χ3v) is 6.41. The number of β-lactam (4-membered cyclic amide) rings is 1. The van der Waals surface area contributed by atoms with Crippen LogP contribution in [0, 0.1) is 0 Å². The molecule has 1 aliphatic carbocycles. The largest absolute Gasteiger partial charge is 0.497 e. The molecule has 2 aromatic carbocycles. The van der Waals surface area contributed by atoms with Crippen molar-refractivity contribution in [2.45, 2.75) is 50.1 Å². The van der Waals surface area contributed by atoms with Crippen LogP contribution in [-0.2, 0) is 9.59 Å². The summed E-state index contributed by atoms with van der Waals surface area (Å²) in [5.74, 6) is 1.20. The summed E-state index contributed by atoms with van der Waals surface area (Å²) in [4.78, 5) is 28.0. The lowest BCUT2D eigenvalue weighted by atomic mass is 9.80. The van der Waals surface area contributed by atoms with Crippen molar-refractivity contribution in [1.29, 1.82) is 0 Å². The average Bonchev–Trinajstić information content (AvgIpc) is 2.82. The Morgan fingerprint density at radius 2 is 1.75 bits per heavy atom. The number of methoxy groups -OCH3 is 2. The van der Waals surface area contributed by atoms with Crippen LogP contribution in [-0.4, -0.2) is 37.6 Å². The molecular weight excluding hydrogens is 404 g/mol. The first-order valence-electron chi connectivity index (χ1n) is 11.2. The van der Waals surface area contributed by atoms with Gasteiger partial charge in [0.05, 0.1) is 20.6 Å². The van der Waals surface area contributed by atoms with E-state index in [1.165, 1.54) is 6.42 Å². The van der Waals surface area contributed by atoms with E-state index in [2.05, 4.69) is 5.32 Å². The highest BCUT2D eigenvalue weighted by molar-refractivity contribution is 6.15. The molecular formula is C26H30N2O4. The second-order valence-corrected chi connectivity index (χ2v) is 8.41. The van der Waals surface area contributed by atoms with Gasteiger partial charge in [0.15, 0.2) is 5.54 Å². The first-order chi connectivity index (χ1) is 15.6. The molecule has 6 heteroatoms. The first-order valence-corrected chi connectivity index (χ1v) is 11.2. The van der Waals surface area contributed by atoms with Gasteiger partial charge in [0.1, 0.15) is 11.5 Å². The molecule has 32 heavy (non-hydrogen) atoms. The Kier molecular flexibility index (Phi) is 6.49. The zero-order chi connectivity index (χ0) is 22.6. The predicted molar refractivity (Wildman–Crippen MR) is 125 cm³/mol. The number of hydrogen-bond donors (Lipinski definition) is 1. The van der Waals surface area contributed by atoms with E-state index >= 15 is 0 Å². The Balaban J connectivity index is 1.69. The maximum absolute atomic E-state index is 13.6. The second kappa shape index (κ2) is 9.47. The molecule has 1 saturated carbocycles. The fourth-order valence-corrected chi connectivity index (χ4v) is 4.61. The Bertz CT molecular complexity index is 995. The molecule has 0 aromatic heterocycles.